The molecule has 9 atom stereocenters. The molecule has 28 N–H and O–H groups in total. The van der Waals surface area contributed by atoms with Gasteiger partial charge in [0.25, 0.3) is 0 Å². The molecule has 0 rings (SSSR count). The van der Waals surface area contributed by atoms with E-state index in [4.69, 9.17) is 51.6 Å². The van der Waals surface area contributed by atoms with Gasteiger partial charge in [-0.3, -0.25) is 62.9 Å². The number of aliphatic hydroxyl groups is 1. The summed E-state index contributed by atoms with van der Waals surface area (Å²) < 4.78 is 0. The standard InChI is InChI=1S/C42H77N19O14/c1-19(2)30(39(74)75)60-36(71)25(11-14-28(45)64)59-38(73)31(20(3)62)61-37(72)26(12-15-29(65)66)58-35(70)24(9-6-18-54-42(50)51)57-34(69)23(8-5-17-53-41(48)49)56-33(68)22(7-4-16-52-40(46)47)55-32(67)21(43)10-13-27(44)63/h19-26,30-31,62H,4-18,43H2,1-3H3,(H2,44,63)(H2,45,64)(H,55,67)(H,56,68)(H,57,69)(H,58,70)(H,59,73)(H,60,71)(H,61,72)(H,65,66)(H,74,75)(H4,46,47,52)(H4,48,49,53)(H4,50,51,54)/t20-,21+,22+,23+,24+,25+,26+,30+,31+/m1/s1. The molecule has 0 saturated heterocycles. The maximum atomic E-state index is 14.2. The number of primary amides is 2. The van der Waals surface area contributed by atoms with E-state index in [0.29, 0.717) is 0 Å². The molecule has 0 aromatic carbocycles. The first kappa shape index (κ1) is 66.9. The number of rotatable bonds is 38. The normalized spacial score (nSPS) is 14.4. The summed E-state index contributed by atoms with van der Waals surface area (Å²) in [5, 5.41) is 46.4. The number of aliphatic carboxylic acids is 2. The molecule has 75 heavy (non-hydrogen) atoms. The SMILES string of the molecule is CC(C)[C@H](NC(=O)[C@H](CCC(N)=O)NC(=O)[C@@H](NC(=O)[C@H](CCC(=O)O)NC(=O)[C@H](CCCN=C(N)N)NC(=O)[C@H](CCCN=C(N)N)NC(=O)[C@H](CCCN=C(N)N)NC(=O)[C@@H](N)CCC(N)=O)[C@@H](C)O)C(=O)O. The average molecular weight is 1070 g/mol. The lowest BCUT2D eigenvalue weighted by atomic mass is 10.0. The van der Waals surface area contributed by atoms with Crippen LogP contribution in [0.4, 0.5) is 0 Å². The van der Waals surface area contributed by atoms with Gasteiger partial charge in [0.05, 0.1) is 12.1 Å². The number of carboxylic acids is 2. The van der Waals surface area contributed by atoms with Gasteiger partial charge in [-0.05, 0) is 70.6 Å². The molecule has 0 heterocycles. The molecule has 33 nitrogen and oxygen atoms in total. The maximum Gasteiger partial charge on any atom is 0.326 e. The van der Waals surface area contributed by atoms with E-state index in [1.165, 1.54) is 13.8 Å². The first-order valence-electron chi connectivity index (χ1n) is 23.7. The van der Waals surface area contributed by atoms with E-state index in [1.807, 2.05) is 0 Å². The third kappa shape index (κ3) is 29.3. The molecular weight excluding hydrogens is 995 g/mol. The molecule has 0 aliphatic rings. The van der Waals surface area contributed by atoms with Crippen LogP contribution in [0.15, 0.2) is 15.0 Å². The van der Waals surface area contributed by atoms with Gasteiger partial charge in [0, 0.05) is 38.9 Å². The number of carbonyl (C=O) groups excluding carboxylic acids is 9. The highest BCUT2D eigenvalue weighted by molar-refractivity contribution is 5.98. The van der Waals surface area contributed by atoms with Crippen LogP contribution in [0.25, 0.3) is 0 Å². The monoisotopic (exact) mass is 1070 g/mol. The van der Waals surface area contributed by atoms with E-state index in [1.54, 1.807) is 0 Å². The van der Waals surface area contributed by atoms with Gasteiger partial charge in [-0.15, -0.1) is 0 Å². The molecule has 0 saturated carbocycles. The van der Waals surface area contributed by atoms with Crippen LogP contribution < -0.4 is 88.8 Å². The van der Waals surface area contributed by atoms with Crippen LogP contribution in [0, 0.1) is 5.92 Å². The molecule has 33 heteroatoms. The molecule has 0 radical (unpaired) electrons. The average Bonchev–Trinajstić information content (AvgIpc) is 3.30. The van der Waals surface area contributed by atoms with Crippen LogP contribution in [0.1, 0.15) is 97.8 Å². The van der Waals surface area contributed by atoms with Gasteiger partial charge in [0.1, 0.15) is 42.3 Å². The van der Waals surface area contributed by atoms with Crippen molar-refractivity contribution < 1.29 is 68.1 Å². The molecule has 0 fully saturated rings. The van der Waals surface area contributed by atoms with Crippen LogP contribution in [0.2, 0.25) is 0 Å². The van der Waals surface area contributed by atoms with Crippen LogP contribution in [-0.4, -0.2) is 172 Å². The van der Waals surface area contributed by atoms with Crippen molar-refractivity contribution >= 4 is 83.0 Å². The van der Waals surface area contributed by atoms with Crippen molar-refractivity contribution in [1.29, 1.82) is 0 Å². The first-order valence-corrected chi connectivity index (χ1v) is 23.7. The van der Waals surface area contributed by atoms with Crippen LogP contribution in [0.3, 0.4) is 0 Å². The molecule has 0 unspecified atom stereocenters. The fourth-order valence-corrected chi connectivity index (χ4v) is 6.62. The summed E-state index contributed by atoms with van der Waals surface area (Å²) >= 11 is 0. The number of nitrogens with two attached hydrogens (primary N) is 9. The molecule has 9 amide bonds. The summed E-state index contributed by atoms with van der Waals surface area (Å²) in [6, 6.07) is -12.6. The fraction of sp³-hybridized carbons (Fsp3) is 0.667. The Morgan fingerprint density at radius 1 is 0.413 bits per heavy atom. The predicted octanol–water partition coefficient (Wildman–Crippen LogP) is -8.61. The van der Waals surface area contributed by atoms with E-state index in [2.05, 4.69) is 52.2 Å². The van der Waals surface area contributed by atoms with Crippen molar-refractivity contribution in [1.82, 2.24) is 37.2 Å². The molecule has 0 spiro atoms. The van der Waals surface area contributed by atoms with Crippen molar-refractivity contribution in [2.45, 2.75) is 152 Å². The van der Waals surface area contributed by atoms with Crippen molar-refractivity contribution in [3.63, 3.8) is 0 Å². The number of aliphatic hydroxyl groups excluding tert-OH is 1. The number of aliphatic imine (C=N–C) groups is 3. The zero-order valence-corrected chi connectivity index (χ0v) is 42.3. The van der Waals surface area contributed by atoms with E-state index < -0.39 is 151 Å². The van der Waals surface area contributed by atoms with Gasteiger partial charge in [0.2, 0.25) is 53.2 Å². The molecule has 0 aliphatic carbocycles. The summed E-state index contributed by atoms with van der Waals surface area (Å²) in [4.78, 5) is 154. The molecule has 0 bridgehead atoms. The van der Waals surface area contributed by atoms with Crippen LogP contribution >= 0.6 is 0 Å². The minimum atomic E-state index is -1.93. The lowest BCUT2D eigenvalue weighted by molar-refractivity contribution is -0.144. The Bertz CT molecular complexity index is 2060. The predicted molar refractivity (Wildman–Crippen MR) is 269 cm³/mol. The number of carbonyl (C=O) groups is 11. The Labute approximate surface area is 431 Å². The van der Waals surface area contributed by atoms with Crippen LogP contribution in [0.5, 0.6) is 0 Å². The molecular formula is C42H77N19O14. The minimum absolute atomic E-state index is 0.0111. The van der Waals surface area contributed by atoms with Gasteiger partial charge < -0.3 is 104 Å². The minimum Gasteiger partial charge on any atom is -0.481 e. The Kier molecular flexibility index (Phi) is 31.3. The molecule has 0 aromatic rings. The number of carboxylic acid groups (broad SMARTS) is 2. The summed E-state index contributed by atoms with van der Waals surface area (Å²) in [7, 11) is 0. The van der Waals surface area contributed by atoms with E-state index >= 15 is 0 Å². The second kappa shape index (κ2) is 35.1. The van der Waals surface area contributed by atoms with E-state index in [9.17, 15) is 68.1 Å². The summed E-state index contributed by atoms with van der Waals surface area (Å²) in [5.74, 6) is -13.4. The Balaban J connectivity index is 7.04. The Hall–Kier alpha value is -8.10. The largest absolute Gasteiger partial charge is 0.481 e. The van der Waals surface area contributed by atoms with Crippen LogP contribution in [-0.2, 0) is 52.7 Å². The highest BCUT2D eigenvalue weighted by Crippen LogP contribution is 2.10. The maximum absolute atomic E-state index is 14.2. The number of guanidine groups is 3. The van der Waals surface area contributed by atoms with Crippen molar-refractivity contribution in [2.75, 3.05) is 19.6 Å². The number of hydrogen-bond donors (Lipinski definition) is 19. The quantitative estimate of drug-likeness (QED) is 0.0155. The molecule has 424 valence electrons. The topological polar surface area (TPSA) is 604 Å². The summed E-state index contributed by atoms with van der Waals surface area (Å²) in [6.07, 6.45) is -4.91. The van der Waals surface area contributed by atoms with E-state index in [0.717, 1.165) is 6.92 Å². The fourth-order valence-electron chi connectivity index (χ4n) is 6.62. The van der Waals surface area contributed by atoms with E-state index in [-0.39, 0.29) is 88.9 Å². The lowest BCUT2D eigenvalue weighted by Gasteiger charge is -2.28. The van der Waals surface area contributed by atoms with Gasteiger partial charge >= 0.3 is 11.9 Å². The highest BCUT2D eigenvalue weighted by atomic mass is 16.4. The smallest absolute Gasteiger partial charge is 0.326 e. The van der Waals surface area contributed by atoms with Gasteiger partial charge in [0.15, 0.2) is 17.9 Å². The lowest BCUT2D eigenvalue weighted by Crippen LogP contribution is -2.61. The van der Waals surface area contributed by atoms with Crippen molar-refractivity contribution in [2.24, 2.45) is 72.5 Å². The number of amides is 9. The Morgan fingerprint density at radius 3 is 1.04 bits per heavy atom. The number of hydrogen-bond acceptors (Lipinski definition) is 16. The van der Waals surface area contributed by atoms with Gasteiger partial charge in [-0.1, -0.05) is 13.8 Å². The summed E-state index contributed by atoms with van der Waals surface area (Å²) in [5.41, 5.74) is 49.0. The third-order valence-electron chi connectivity index (χ3n) is 10.7. The number of nitrogens with zero attached hydrogens (tertiary/aromatic N) is 3. The molecule has 0 aromatic heterocycles. The van der Waals surface area contributed by atoms with Crippen molar-refractivity contribution in [3.8, 4) is 0 Å². The second-order valence-electron chi connectivity index (χ2n) is 17.5. The number of nitrogens with one attached hydrogen (secondary N) is 7. The Morgan fingerprint density at radius 2 is 0.720 bits per heavy atom. The first-order chi connectivity index (χ1) is 35.0. The molecule has 0 aliphatic heterocycles. The van der Waals surface area contributed by atoms with Gasteiger partial charge in [-0.25, -0.2) is 4.79 Å². The van der Waals surface area contributed by atoms with Gasteiger partial charge in [-0.2, -0.15) is 0 Å². The zero-order chi connectivity index (χ0) is 57.5. The summed E-state index contributed by atoms with van der Waals surface area (Å²) in [6.45, 7) is 3.92. The second-order valence-corrected chi connectivity index (χ2v) is 17.5. The highest BCUT2D eigenvalue weighted by Gasteiger charge is 2.36. The van der Waals surface area contributed by atoms with Crippen molar-refractivity contribution in [3.05, 3.63) is 0 Å². The zero-order valence-electron chi connectivity index (χ0n) is 42.3. The third-order valence-corrected chi connectivity index (χ3v) is 10.7.